The summed E-state index contributed by atoms with van der Waals surface area (Å²) >= 11 is 0. The number of rotatable bonds is 7. The first kappa shape index (κ1) is 19.8. The monoisotopic (exact) mass is 337 g/mol. The van der Waals surface area contributed by atoms with Crippen molar-refractivity contribution in [3.63, 3.8) is 0 Å². The number of hydrogen-bond acceptors (Lipinski definition) is 5. The van der Waals surface area contributed by atoms with Gasteiger partial charge in [-0.2, -0.15) is 0 Å². The summed E-state index contributed by atoms with van der Waals surface area (Å²) in [7, 11) is 0. The zero-order valence-corrected chi connectivity index (χ0v) is 14.5. The molecule has 0 fully saturated rings. The van der Waals surface area contributed by atoms with Crippen LogP contribution in [0.4, 0.5) is 10.5 Å². The molecule has 7 nitrogen and oxygen atoms in total. The van der Waals surface area contributed by atoms with Gasteiger partial charge in [0.1, 0.15) is 17.4 Å². The third kappa shape index (κ3) is 7.32. The lowest BCUT2D eigenvalue weighted by atomic mass is 10.1. The van der Waals surface area contributed by atoms with E-state index in [1.165, 1.54) is 6.07 Å². The van der Waals surface area contributed by atoms with E-state index in [1.807, 2.05) is 0 Å². The van der Waals surface area contributed by atoms with E-state index >= 15 is 0 Å². The summed E-state index contributed by atoms with van der Waals surface area (Å²) in [6.07, 6.45) is 1.20. The lowest BCUT2D eigenvalue weighted by Crippen LogP contribution is -2.45. The van der Waals surface area contributed by atoms with Crippen LogP contribution < -0.4 is 16.4 Å². The van der Waals surface area contributed by atoms with Crippen LogP contribution in [0.15, 0.2) is 24.3 Å². The highest BCUT2D eigenvalue weighted by Gasteiger charge is 2.24. The fourth-order valence-electron chi connectivity index (χ4n) is 2.01. The largest absolute Gasteiger partial charge is 0.506 e. The van der Waals surface area contributed by atoms with E-state index in [0.29, 0.717) is 19.4 Å². The normalized spacial score (nSPS) is 12.3. The van der Waals surface area contributed by atoms with Crippen LogP contribution in [0.5, 0.6) is 5.75 Å². The van der Waals surface area contributed by atoms with Crippen LogP contribution in [0.3, 0.4) is 0 Å². The molecule has 7 heteroatoms. The van der Waals surface area contributed by atoms with Crippen LogP contribution in [-0.4, -0.2) is 35.3 Å². The lowest BCUT2D eigenvalue weighted by Gasteiger charge is -2.23. The number of ether oxygens (including phenoxy) is 1. The number of phenolic OH excluding ortho intramolecular Hbond substituents is 1. The van der Waals surface area contributed by atoms with E-state index in [9.17, 15) is 14.7 Å². The van der Waals surface area contributed by atoms with E-state index in [0.717, 1.165) is 6.42 Å². The Hall–Kier alpha value is -2.28. The molecule has 1 aromatic rings. The predicted molar refractivity (Wildman–Crippen MR) is 92.8 cm³/mol. The number of carbonyl (C=O) groups excluding carboxylic acids is 2. The maximum Gasteiger partial charge on any atom is 0.408 e. The predicted octanol–water partition coefficient (Wildman–Crippen LogP) is 2.35. The van der Waals surface area contributed by atoms with Gasteiger partial charge in [0.25, 0.3) is 0 Å². The molecule has 0 bridgehead atoms. The van der Waals surface area contributed by atoms with Crippen molar-refractivity contribution < 1.29 is 19.4 Å². The van der Waals surface area contributed by atoms with Gasteiger partial charge in [-0.3, -0.25) is 4.79 Å². The molecule has 24 heavy (non-hydrogen) atoms. The van der Waals surface area contributed by atoms with Crippen LogP contribution >= 0.6 is 0 Å². The van der Waals surface area contributed by atoms with Crippen molar-refractivity contribution in [3.8, 4) is 5.75 Å². The molecule has 1 atom stereocenters. The molecule has 0 radical (unpaired) electrons. The minimum atomic E-state index is -0.772. The Morgan fingerprint density at radius 2 is 1.92 bits per heavy atom. The van der Waals surface area contributed by atoms with Crippen molar-refractivity contribution in [3.05, 3.63) is 24.3 Å². The Balaban J connectivity index is 2.74. The van der Waals surface area contributed by atoms with Gasteiger partial charge in [0, 0.05) is 0 Å². The summed E-state index contributed by atoms with van der Waals surface area (Å²) in [5, 5.41) is 14.9. The van der Waals surface area contributed by atoms with E-state index in [-0.39, 0.29) is 11.4 Å². The Morgan fingerprint density at radius 1 is 1.25 bits per heavy atom. The number of nitrogens with two attached hydrogens (primary N) is 1. The van der Waals surface area contributed by atoms with Gasteiger partial charge in [-0.1, -0.05) is 12.1 Å². The molecule has 0 saturated carbocycles. The smallest absolute Gasteiger partial charge is 0.408 e. The van der Waals surface area contributed by atoms with Gasteiger partial charge in [0.2, 0.25) is 5.91 Å². The standard InChI is InChI=1S/C17H27N3O4/c1-17(2,3)24-16(23)20-13(9-6-7-11-18)15(22)19-12-8-4-5-10-14(12)21/h4-5,8,10,13,21H,6-7,9,11,18H2,1-3H3,(H,19,22)(H,20,23)/t13-/m0/s1. The third-order valence-electron chi connectivity index (χ3n) is 3.12. The van der Waals surface area contributed by atoms with Crippen LogP contribution in [0, 0.1) is 0 Å². The Kier molecular flexibility index (Phi) is 7.51. The topological polar surface area (TPSA) is 114 Å². The molecular formula is C17H27N3O4. The Morgan fingerprint density at radius 3 is 2.50 bits per heavy atom. The summed E-state index contributed by atoms with van der Waals surface area (Å²) in [6, 6.07) is 5.63. The third-order valence-corrected chi connectivity index (χ3v) is 3.12. The average molecular weight is 337 g/mol. The maximum absolute atomic E-state index is 12.4. The highest BCUT2D eigenvalue weighted by atomic mass is 16.6. The van der Waals surface area contributed by atoms with Gasteiger partial charge in [0.15, 0.2) is 0 Å². The molecule has 0 aliphatic rings. The highest BCUT2D eigenvalue weighted by Crippen LogP contribution is 2.22. The first-order valence-electron chi connectivity index (χ1n) is 8.01. The quantitative estimate of drug-likeness (QED) is 0.450. The molecule has 0 aromatic heterocycles. The molecule has 2 amide bonds. The van der Waals surface area contributed by atoms with Crippen molar-refractivity contribution in [1.82, 2.24) is 5.32 Å². The summed E-state index contributed by atoms with van der Waals surface area (Å²) < 4.78 is 5.19. The lowest BCUT2D eigenvalue weighted by molar-refractivity contribution is -0.118. The van der Waals surface area contributed by atoms with E-state index in [2.05, 4.69) is 10.6 Å². The summed E-state index contributed by atoms with van der Waals surface area (Å²) in [6.45, 7) is 5.76. The molecule has 5 N–H and O–H groups in total. The molecule has 0 spiro atoms. The van der Waals surface area contributed by atoms with E-state index < -0.39 is 23.6 Å². The molecule has 0 heterocycles. The number of benzene rings is 1. The zero-order valence-electron chi connectivity index (χ0n) is 14.5. The van der Waals surface area contributed by atoms with Crippen molar-refractivity contribution >= 4 is 17.7 Å². The molecule has 0 unspecified atom stereocenters. The minimum Gasteiger partial charge on any atom is -0.506 e. The second kappa shape index (κ2) is 9.12. The van der Waals surface area contributed by atoms with Gasteiger partial charge in [0.05, 0.1) is 5.69 Å². The van der Waals surface area contributed by atoms with Gasteiger partial charge in [-0.05, 0) is 58.7 Å². The number of anilines is 1. The van der Waals surface area contributed by atoms with Gasteiger partial charge in [-0.15, -0.1) is 0 Å². The SMILES string of the molecule is CC(C)(C)OC(=O)N[C@@H](CCCCN)C(=O)Nc1ccccc1O. The number of phenols is 1. The van der Waals surface area contributed by atoms with Crippen molar-refractivity contribution in [2.24, 2.45) is 5.73 Å². The maximum atomic E-state index is 12.4. The number of alkyl carbamates (subject to hydrolysis) is 1. The first-order chi connectivity index (χ1) is 11.2. The van der Waals surface area contributed by atoms with Crippen molar-refractivity contribution in [1.29, 1.82) is 0 Å². The molecule has 134 valence electrons. The first-order valence-corrected chi connectivity index (χ1v) is 8.01. The molecule has 1 rings (SSSR count). The van der Waals surface area contributed by atoms with Crippen molar-refractivity contribution in [2.45, 2.75) is 51.7 Å². The molecule has 0 aliphatic heterocycles. The average Bonchev–Trinajstić information content (AvgIpc) is 2.47. The molecule has 0 saturated heterocycles. The number of carbonyl (C=O) groups is 2. The van der Waals surface area contributed by atoms with Crippen LogP contribution in [0.25, 0.3) is 0 Å². The Bertz CT molecular complexity index is 555. The number of amides is 2. The van der Waals surface area contributed by atoms with E-state index in [1.54, 1.807) is 39.0 Å². The highest BCUT2D eigenvalue weighted by molar-refractivity contribution is 5.97. The number of aromatic hydroxyl groups is 1. The number of para-hydroxylation sites is 2. The van der Waals surface area contributed by atoms with Gasteiger partial charge < -0.3 is 26.2 Å². The summed E-state index contributed by atoms with van der Waals surface area (Å²) in [5.74, 6) is -0.455. The second-order valence-corrected chi connectivity index (χ2v) is 6.49. The fraction of sp³-hybridized carbons (Fsp3) is 0.529. The van der Waals surface area contributed by atoms with Crippen LogP contribution in [0.1, 0.15) is 40.0 Å². The second-order valence-electron chi connectivity index (χ2n) is 6.49. The number of hydrogen-bond donors (Lipinski definition) is 4. The molecular weight excluding hydrogens is 310 g/mol. The van der Waals surface area contributed by atoms with Crippen LogP contribution in [-0.2, 0) is 9.53 Å². The van der Waals surface area contributed by atoms with Crippen molar-refractivity contribution in [2.75, 3.05) is 11.9 Å². The van der Waals surface area contributed by atoms with Gasteiger partial charge in [-0.25, -0.2) is 4.79 Å². The molecule has 0 aliphatic carbocycles. The van der Waals surface area contributed by atoms with E-state index in [4.69, 9.17) is 10.5 Å². The summed E-state index contributed by atoms with van der Waals surface area (Å²) in [5.41, 5.74) is 5.11. The minimum absolute atomic E-state index is 0.0381. The summed E-state index contributed by atoms with van der Waals surface area (Å²) in [4.78, 5) is 24.4. The zero-order chi connectivity index (χ0) is 18.2. The van der Waals surface area contributed by atoms with Crippen LogP contribution in [0.2, 0.25) is 0 Å². The fourth-order valence-corrected chi connectivity index (χ4v) is 2.01. The van der Waals surface area contributed by atoms with Gasteiger partial charge >= 0.3 is 6.09 Å². The number of unbranched alkanes of at least 4 members (excludes halogenated alkanes) is 1. The Labute approximate surface area is 142 Å². The number of nitrogens with one attached hydrogen (secondary N) is 2. The molecule has 1 aromatic carbocycles.